The van der Waals surface area contributed by atoms with Crippen molar-refractivity contribution in [1.29, 1.82) is 0 Å². The lowest BCUT2D eigenvalue weighted by Gasteiger charge is -1.80. The molecule has 2 rings (SSSR count). The molecule has 1 fully saturated rings. The minimum atomic E-state index is 0. The van der Waals surface area contributed by atoms with Gasteiger partial charge in [0.15, 0.2) is 0 Å². The van der Waals surface area contributed by atoms with E-state index in [9.17, 15) is 0 Å². The van der Waals surface area contributed by atoms with Gasteiger partial charge in [-0.3, -0.25) is 0 Å². The molecule has 2 nitrogen and oxygen atoms in total. The van der Waals surface area contributed by atoms with Crippen LogP contribution in [0.25, 0.3) is 0 Å². The molecule has 0 unspecified atom stereocenters. The molecule has 0 radical (unpaired) electrons. The maximum atomic E-state index is 5.44. The van der Waals surface area contributed by atoms with E-state index in [1.54, 1.807) is 11.5 Å². The van der Waals surface area contributed by atoms with E-state index in [0.29, 0.717) is 5.82 Å². The highest BCUT2D eigenvalue weighted by atomic mass is 35.5. The molecular formula is C6H9ClN2S. The van der Waals surface area contributed by atoms with Gasteiger partial charge >= 0.3 is 0 Å². The first-order valence-corrected chi connectivity index (χ1v) is 3.85. The average molecular weight is 177 g/mol. The van der Waals surface area contributed by atoms with E-state index in [-0.39, 0.29) is 12.4 Å². The van der Waals surface area contributed by atoms with Gasteiger partial charge in [-0.05, 0) is 36.4 Å². The van der Waals surface area contributed by atoms with Gasteiger partial charge in [0.2, 0.25) is 0 Å². The number of anilines is 1. The maximum Gasteiger partial charge on any atom is 0.137 e. The van der Waals surface area contributed by atoms with E-state index in [1.165, 1.54) is 17.7 Å². The van der Waals surface area contributed by atoms with Crippen molar-refractivity contribution >= 4 is 29.8 Å². The van der Waals surface area contributed by atoms with Gasteiger partial charge in [-0.15, -0.1) is 12.4 Å². The molecule has 0 bridgehead atoms. The molecule has 1 aromatic heterocycles. The summed E-state index contributed by atoms with van der Waals surface area (Å²) >= 11 is 1.55. The molecule has 1 aliphatic rings. The highest BCUT2D eigenvalue weighted by molar-refractivity contribution is 7.06. The lowest BCUT2D eigenvalue weighted by molar-refractivity contribution is 1.18. The molecule has 0 atom stereocenters. The first kappa shape index (κ1) is 7.82. The second-order valence-corrected chi connectivity index (χ2v) is 3.26. The fourth-order valence-corrected chi connectivity index (χ4v) is 1.69. The van der Waals surface area contributed by atoms with Gasteiger partial charge in [0.25, 0.3) is 0 Å². The van der Waals surface area contributed by atoms with Crippen LogP contribution < -0.4 is 5.73 Å². The van der Waals surface area contributed by atoms with Gasteiger partial charge in [0, 0.05) is 4.88 Å². The van der Waals surface area contributed by atoms with Crippen LogP contribution >= 0.6 is 23.9 Å². The fourth-order valence-electron chi connectivity index (χ4n) is 0.864. The molecule has 56 valence electrons. The van der Waals surface area contributed by atoms with Gasteiger partial charge in [-0.2, -0.15) is 4.37 Å². The van der Waals surface area contributed by atoms with E-state index in [2.05, 4.69) is 4.37 Å². The zero-order valence-electron chi connectivity index (χ0n) is 5.41. The Morgan fingerprint density at radius 1 is 1.60 bits per heavy atom. The highest BCUT2D eigenvalue weighted by Gasteiger charge is 2.25. The number of aromatic nitrogens is 1. The summed E-state index contributed by atoms with van der Waals surface area (Å²) in [5.41, 5.74) is 5.44. The van der Waals surface area contributed by atoms with Crippen LogP contribution in [-0.2, 0) is 0 Å². The van der Waals surface area contributed by atoms with Gasteiger partial charge in [-0.1, -0.05) is 0 Å². The Morgan fingerprint density at radius 2 is 2.30 bits per heavy atom. The first-order chi connectivity index (χ1) is 4.36. The molecule has 1 aromatic rings. The van der Waals surface area contributed by atoms with Crippen molar-refractivity contribution < 1.29 is 0 Å². The zero-order valence-corrected chi connectivity index (χ0v) is 7.04. The van der Waals surface area contributed by atoms with Crippen molar-refractivity contribution in [3.8, 4) is 0 Å². The SMILES string of the molecule is Cl.Nc1cc(C2CC2)sn1. The van der Waals surface area contributed by atoms with Crippen LogP contribution in [0.5, 0.6) is 0 Å². The molecule has 0 spiro atoms. The van der Waals surface area contributed by atoms with Gasteiger partial charge < -0.3 is 5.73 Å². The molecule has 1 heterocycles. The van der Waals surface area contributed by atoms with Crippen LogP contribution in [0.3, 0.4) is 0 Å². The zero-order chi connectivity index (χ0) is 6.27. The third-order valence-corrected chi connectivity index (χ3v) is 2.49. The number of nitrogen functional groups attached to an aromatic ring is 1. The van der Waals surface area contributed by atoms with E-state index in [1.807, 2.05) is 6.07 Å². The molecule has 0 amide bonds. The minimum Gasteiger partial charge on any atom is -0.383 e. The van der Waals surface area contributed by atoms with E-state index in [0.717, 1.165) is 5.92 Å². The van der Waals surface area contributed by atoms with Crippen molar-refractivity contribution in [2.45, 2.75) is 18.8 Å². The third-order valence-electron chi connectivity index (χ3n) is 1.53. The quantitative estimate of drug-likeness (QED) is 0.711. The molecular weight excluding hydrogens is 168 g/mol. The summed E-state index contributed by atoms with van der Waals surface area (Å²) in [6.07, 6.45) is 2.67. The Kier molecular flexibility index (Phi) is 2.16. The maximum absolute atomic E-state index is 5.44. The number of nitrogens with two attached hydrogens (primary N) is 1. The number of rotatable bonds is 1. The Balaban J connectivity index is 0.000000500. The largest absolute Gasteiger partial charge is 0.383 e. The number of hydrogen-bond acceptors (Lipinski definition) is 3. The summed E-state index contributed by atoms with van der Waals surface area (Å²) in [6, 6.07) is 1.99. The topological polar surface area (TPSA) is 38.9 Å². The molecule has 1 aliphatic carbocycles. The third kappa shape index (κ3) is 1.41. The Labute approximate surface area is 70.0 Å². The van der Waals surface area contributed by atoms with Crippen LogP contribution in [0, 0.1) is 0 Å². The Bertz CT molecular complexity index is 219. The second kappa shape index (κ2) is 2.76. The number of hydrogen-bond donors (Lipinski definition) is 1. The molecule has 4 heteroatoms. The molecule has 1 saturated carbocycles. The molecule has 0 aliphatic heterocycles. The minimum absolute atomic E-state index is 0. The van der Waals surface area contributed by atoms with Gasteiger partial charge in [-0.25, -0.2) is 0 Å². The number of halogens is 1. The van der Waals surface area contributed by atoms with Gasteiger partial charge in [0.1, 0.15) is 5.82 Å². The van der Waals surface area contributed by atoms with Crippen molar-refractivity contribution in [1.82, 2.24) is 4.37 Å². The van der Waals surface area contributed by atoms with Crippen molar-refractivity contribution in [3.63, 3.8) is 0 Å². The highest BCUT2D eigenvalue weighted by Crippen LogP contribution is 2.42. The summed E-state index contributed by atoms with van der Waals surface area (Å²) in [7, 11) is 0. The summed E-state index contributed by atoms with van der Waals surface area (Å²) in [6.45, 7) is 0. The first-order valence-electron chi connectivity index (χ1n) is 3.08. The van der Waals surface area contributed by atoms with Crippen molar-refractivity contribution in [3.05, 3.63) is 10.9 Å². The summed E-state index contributed by atoms with van der Waals surface area (Å²) < 4.78 is 4.00. The Morgan fingerprint density at radius 3 is 2.70 bits per heavy atom. The Hall–Kier alpha value is -0.280. The lowest BCUT2D eigenvalue weighted by Crippen LogP contribution is -1.79. The van der Waals surface area contributed by atoms with Gasteiger partial charge in [0.05, 0.1) is 0 Å². The predicted molar refractivity (Wildman–Crippen MR) is 45.7 cm³/mol. The molecule has 10 heavy (non-hydrogen) atoms. The second-order valence-electron chi connectivity index (χ2n) is 2.43. The normalized spacial score (nSPS) is 16.4. The monoisotopic (exact) mass is 176 g/mol. The van der Waals surface area contributed by atoms with E-state index >= 15 is 0 Å². The van der Waals surface area contributed by atoms with Crippen LogP contribution in [0.4, 0.5) is 5.82 Å². The fraction of sp³-hybridized carbons (Fsp3) is 0.500. The average Bonchev–Trinajstić information content (AvgIpc) is 2.58. The number of nitrogens with zero attached hydrogens (tertiary/aromatic N) is 1. The lowest BCUT2D eigenvalue weighted by atomic mass is 10.3. The van der Waals surface area contributed by atoms with E-state index in [4.69, 9.17) is 5.73 Å². The van der Waals surface area contributed by atoms with Crippen LogP contribution in [-0.4, -0.2) is 4.37 Å². The van der Waals surface area contributed by atoms with Crippen LogP contribution in [0.15, 0.2) is 6.07 Å². The van der Waals surface area contributed by atoms with E-state index < -0.39 is 0 Å². The summed E-state index contributed by atoms with van der Waals surface area (Å²) in [5.74, 6) is 1.49. The van der Waals surface area contributed by atoms with Crippen LogP contribution in [0.2, 0.25) is 0 Å². The van der Waals surface area contributed by atoms with Crippen LogP contribution in [0.1, 0.15) is 23.6 Å². The molecule has 0 aromatic carbocycles. The van der Waals surface area contributed by atoms with Crippen molar-refractivity contribution in [2.75, 3.05) is 5.73 Å². The predicted octanol–water partition coefficient (Wildman–Crippen LogP) is 2.02. The van der Waals surface area contributed by atoms with Crippen molar-refractivity contribution in [2.24, 2.45) is 0 Å². The summed E-state index contributed by atoms with van der Waals surface area (Å²) in [5, 5.41) is 0. The summed E-state index contributed by atoms with van der Waals surface area (Å²) in [4.78, 5) is 1.37. The standard InChI is InChI=1S/C6H8N2S.ClH/c7-6-3-5(9-8-6)4-1-2-4;/h3-4H,1-2H2,(H2,7,8);1H. The molecule has 0 saturated heterocycles. The smallest absolute Gasteiger partial charge is 0.137 e. The molecule has 2 N–H and O–H groups in total.